The summed E-state index contributed by atoms with van der Waals surface area (Å²) in [5.74, 6) is 0. The Morgan fingerprint density at radius 1 is 1.20 bits per heavy atom. The van der Waals surface area contributed by atoms with Crippen molar-refractivity contribution in [1.82, 2.24) is 9.80 Å². The van der Waals surface area contributed by atoms with Gasteiger partial charge in [-0.25, -0.2) is 4.79 Å². The van der Waals surface area contributed by atoms with Gasteiger partial charge < -0.3 is 10.2 Å². The Hall–Kier alpha value is -1.81. The zero-order valence-electron chi connectivity index (χ0n) is 12.4. The number of hydrogen-bond acceptors (Lipinski definition) is 2. The van der Waals surface area contributed by atoms with Crippen LogP contribution >= 0.6 is 0 Å². The smallest absolute Gasteiger partial charge is 0.321 e. The Labute approximate surface area is 121 Å². The van der Waals surface area contributed by atoms with Crippen molar-refractivity contribution in [3.8, 4) is 0 Å². The largest absolute Gasteiger partial charge is 0.322 e. The number of piperazine rings is 1. The fraction of sp³-hybridized carbons (Fsp3) is 0.438. The summed E-state index contributed by atoms with van der Waals surface area (Å²) in [5.41, 5.74) is 3.20. The van der Waals surface area contributed by atoms with Crippen LogP contribution < -0.4 is 5.32 Å². The lowest BCUT2D eigenvalue weighted by molar-refractivity contribution is 0.156. The van der Waals surface area contributed by atoms with Crippen LogP contribution in [0.1, 0.15) is 11.1 Å². The normalized spacial score (nSPS) is 16.0. The van der Waals surface area contributed by atoms with Gasteiger partial charge in [0, 0.05) is 38.4 Å². The summed E-state index contributed by atoms with van der Waals surface area (Å²) < 4.78 is 0. The summed E-state index contributed by atoms with van der Waals surface area (Å²) in [4.78, 5) is 16.4. The van der Waals surface area contributed by atoms with Crippen molar-refractivity contribution in [2.24, 2.45) is 0 Å². The van der Waals surface area contributed by atoms with Crippen molar-refractivity contribution in [2.75, 3.05) is 38.0 Å². The predicted molar refractivity (Wildman–Crippen MR) is 83.1 cm³/mol. The molecule has 1 saturated heterocycles. The zero-order chi connectivity index (χ0) is 14.5. The topological polar surface area (TPSA) is 35.6 Å². The minimum atomic E-state index is -0.00625. The molecule has 2 amide bonds. The molecular formula is C16H23N3O. The molecule has 0 atom stereocenters. The third-order valence-corrected chi connectivity index (χ3v) is 3.52. The fourth-order valence-corrected chi connectivity index (χ4v) is 2.57. The van der Waals surface area contributed by atoms with Gasteiger partial charge in [0.2, 0.25) is 0 Å². The number of amides is 2. The van der Waals surface area contributed by atoms with Crippen LogP contribution in [0.3, 0.4) is 0 Å². The van der Waals surface area contributed by atoms with Crippen LogP contribution in [0.15, 0.2) is 30.9 Å². The van der Waals surface area contributed by atoms with Crippen LogP contribution in [0.2, 0.25) is 0 Å². The maximum atomic E-state index is 12.2. The van der Waals surface area contributed by atoms with Crippen molar-refractivity contribution in [1.29, 1.82) is 0 Å². The van der Waals surface area contributed by atoms with Gasteiger partial charge in [-0.3, -0.25) is 4.90 Å². The highest BCUT2D eigenvalue weighted by Gasteiger charge is 2.20. The predicted octanol–water partition coefficient (Wildman–Crippen LogP) is 2.64. The number of nitrogens with zero attached hydrogens (tertiary/aromatic N) is 2. The lowest BCUT2D eigenvalue weighted by Crippen LogP contribution is -2.49. The summed E-state index contributed by atoms with van der Waals surface area (Å²) >= 11 is 0. The van der Waals surface area contributed by atoms with Crippen LogP contribution in [0.25, 0.3) is 0 Å². The fourth-order valence-electron chi connectivity index (χ4n) is 2.57. The SMILES string of the molecule is C=CCN1CCN(C(=O)Nc2cc(C)cc(C)c2)CC1. The van der Waals surface area contributed by atoms with Gasteiger partial charge in [0.05, 0.1) is 0 Å². The standard InChI is InChI=1S/C16H23N3O/c1-4-5-18-6-8-19(9-7-18)16(20)17-15-11-13(2)10-14(3)12-15/h4,10-12H,1,5-9H2,2-3H3,(H,17,20). The molecule has 0 unspecified atom stereocenters. The van der Waals surface area contributed by atoms with Crippen molar-refractivity contribution in [2.45, 2.75) is 13.8 Å². The highest BCUT2D eigenvalue weighted by atomic mass is 16.2. The molecule has 1 aliphatic heterocycles. The number of aryl methyl sites for hydroxylation is 2. The second kappa shape index (κ2) is 6.57. The molecule has 0 aliphatic carbocycles. The van der Waals surface area contributed by atoms with E-state index in [0.29, 0.717) is 0 Å². The van der Waals surface area contributed by atoms with E-state index in [2.05, 4.69) is 22.9 Å². The molecule has 1 heterocycles. The van der Waals surface area contributed by atoms with Crippen molar-refractivity contribution in [3.05, 3.63) is 42.0 Å². The van der Waals surface area contributed by atoms with Gasteiger partial charge >= 0.3 is 6.03 Å². The molecule has 20 heavy (non-hydrogen) atoms. The number of carbonyl (C=O) groups is 1. The molecule has 4 heteroatoms. The van der Waals surface area contributed by atoms with Crippen molar-refractivity contribution in [3.63, 3.8) is 0 Å². The molecule has 0 aromatic heterocycles. The highest BCUT2D eigenvalue weighted by molar-refractivity contribution is 5.89. The summed E-state index contributed by atoms with van der Waals surface area (Å²) in [6, 6.07) is 6.09. The first kappa shape index (κ1) is 14.6. The molecule has 2 rings (SSSR count). The summed E-state index contributed by atoms with van der Waals surface area (Å²) in [5, 5.41) is 2.99. The summed E-state index contributed by atoms with van der Waals surface area (Å²) in [6.07, 6.45) is 1.91. The Balaban J connectivity index is 1.91. The molecule has 1 N–H and O–H groups in total. The first-order valence-electron chi connectivity index (χ1n) is 7.06. The van der Waals surface area contributed by atoms with Crippen molar-refractivity contribution < 1.29 is 4.79 Å². The van der Waals surface area contributed by atoms with Gasteiger partial charge in [0.1, 0.15) is 0 Å². The van der Waals surface area contributed by atoms with E-state index < -0.39 is 0 Å². The third-order valence-electron chi connectivity index (χ3n) is 3.52. The molecular weight excluding hydrogens is 250 g/mol. The molecule has 0 radical (unpaired) electrons. The number of benzene rings is 1. The second-order valence-electron chi connectivity index (χ2n) is 5.38. The minimum absolute atomic E-state index is 0.00625. The lowest BCUT2D eigenvalue weighted by atomic mass is 10.1. The van der Waals surface area contributed by atoms with E-state index in [9.17, 15) is 4.79 Å². The van der Waals surface area contributed by atoms with Crippen molar-refractivity contribution >= 4 is 11.7 Å². The Morgan fingerprint density at radius 2 is 1.80 bits per heavy atom. The Bertz CT molecular complexity index is 470. The molecule has 1 aliphatic rings. The maximum absolute atomic E-state index is 12.2. The molecule has 1 fully saturated rings. The van der Waals surface area contributed by atoms with E-state index in [1.807, 2.05) is 37.0 Å². The van der Waals surface area contributed by atoms with Gasteiger partial charge in [0.25, 0.3) is 0 Å². The molecule has 0 bridgehead atoms. The van der Waals surface area contributed by atoms with Crippen LogP contribution in [-0.2, 0) is 0 Å². The van der Waals surface area contributed by atoms with Crippen LogP contribution in [0.5, 0.6) is 0 Å². The number of anilines is 1. The van der Waals surface area contributed by atoms with E-state index >= 15 is 0 Å². The van der Waals surface area contributed by atoms with Crippen LogP contribution in [0, 0.1) is 13.8 Å². The van der Waals surface area contributed by atoms with Gasteiger partial charge in [0.15, 0.2) is 0 Å². The summed E-state index contributed by atoms with van der Waals surface area (Å²) in [6.45, 7) is 12.1. The average Bonchev–Trinajstić information content (AvgIpc) is 2.38. The number of nitrogens with one attached hydrogen (secondary N) is 1. The van der Waals surface area contributed by atoms with Gasteiger partial charge in [-0.1, -0.05) is 12.1 Å². The van der Waals surface area contributed by atoms with Crippen LogP contribution in [-0.4, -0.2) is 48.6 Å². The molecule has 1 aromatic rings. The van der Waals surface area contributed by atoms with Gasteiger partial charge in [-0.05, 0) is 37.1 Å². The average molecular weight is 273 g/mol. The molecule has 0 spiro atoms. The first-order chi connectivity index (χ1) is 9.58. The number of rotatable bonds is 3. The van der Waals surface area contributed by atoms with E-state index in [1.165, 1.54) is 0 Å². The second-order valence-corrected chi connectivity index (χ2v) is 5.38. The lowest BCUT2D eigenvalue weighted by Gasteiger charge is -2.34. The van der Waals surface area contributed by atoms with E-state index in [1.54, 1.807) is 0 Å². The quantitative estimate of drug-likeness (QED) is 0.859. The third kappa shape index (κ3) is 3.84. The minimum Gasteiger partial charge on any atom is -0.322 e. The van der Waals surface area contributed by atoms with Crippen LogP contribution in [0.4, 0.5) is 10.5 Å². The van der Waals surface area contributed by atoms with E-state index in [-0.39, 0.29) is 6.03 Å². The Kier molecular flexibility index (Phi) is 4.79. The highest BCUT2D eigenvalue weighted by Crippen LogP contribution is 2.14. The molecule has 0 saturated carbocycles. The van der Waals surface area contributed by atoms with E-state index in [4.69, 9.17) is 0 Å². The monoisotopic (exact) mass is 273 g/mol. The van der Waals surface area contributed by atoms with E-state index in [0.717, 1.165) is 49.5 Å². The summed E-state index contributed by atoms with van der Waals surface area (Å²) in [7, 11) is 0. The number of urea groups is 1. The molecule has 1 aromatic carbocycles. The molecule has 108 valence electrons. The first-order valence-corrected chi connectivity index (χ1v) is 7.06. The maximum Gasteiger partial charge on any atom is 0.321 e. The number of hydrogen-bond donors (Lipinski definition) is 1. The Morgan fingerprint density at radius 3 is 2.35 bits per heavy atom. The van der Waals surface area contributed by atoms with Gasteiger partial charge in [-0.2, -0.15) is 0 Å². The molecule has 4 nitrogen and oxygen atoms in total. The van der Waals surface area contributed by atoms with Gasteiger partial charge in [-0.15, -0.1) is 6.58 Å². The zero-order valence-corrected chi connectivity index (χ0v) is 12.4. The number of carbonyl (C=O) groups excluding carboxylic acids is 1.